The fraction of sp³-hybridized carbons (Fsp3) is 0. The monoisotopic (exact) mass is 300 g/mol. The Bertz CT molecular complexity index is 1040. The Morgan fingerprint density at radius 3 is 2.26 bits per heavy atom. The van der Waals surface area contributed by atoms with Crippen LogP contribution in [-0.4, -0.2) is 9.91 Å². The fourth-order valence-corrected chi connectivity index (χ4v) is 2.96. The van der Waals surface area contributed by atoms with Crippen LogP contribution in [0.5, 0.6) is 0 Å². The van der Waals surface area contributed by atoms with Crippen molar-refractivity contribution in [2.45, 2.75) is 0 Å². The number of benzene rings is 3. The Balaban J connectivity index is 2.24. The van der Waals surface area contributed by atoms with Gasteiger partial charge in [0.1, 0.15) is 5.52 Å². The van der Waals surface area contributed by atoms with Crippen LogP contribution in [0, 0.1) is 10.1 Å². The van der Waals surface area contributed by atoms with Crippen molar-refractivity contribution in [2.75, 3.05) is 0 Å². The number of nitro benzene ring substituents is 1. The molecule has 0 amide bonds. The Labute approximate surface area is 132 Å². The first-order valence-corrected chi connectivity index (χ1v) is 7.27. The molecule has 23 heavy (non-hydrogen) atoms. The van der Waals surface area contributed by atoms with E-state index in [2.05, 4.69) is 4.98 Å². The van der Waals surface area contributed by atoms with Gasteiger partial charge in [-0.05, 0) is 11.6 Å². The third-order valence-electron chi connectivity index (χ3n) is 3.95. The Morgan fingerprint density at radius 2 is 1.48 bits per heavy atom. The molecule has 4 rings (SSSR count). The maximum atomic E-state index is 11.4. The summed E-state index contributed by atoms with van der Waals surface area (Å²) in [5.41, 5.74) is 3.22. The molecule has 1 aromatic heterocycles. The molecule has 3 aromatic carbocycles. The van der Waals surface area contributed by atoms with Crippen LogP contribution in [0.25, 0.3) is 32.9 Å². The summed E-state index contributed by atoms with van der Waals surface area (Å²) in [4.78, 5) is 15.5. The summed E-state index contributed by atoms with van der Waals surface area (Å²) in [6, 6.07) is 22.8. The highest BCUT2D eigenvalue weighted by Gasteiger charge is 2.18. The topological polar surface area (TPSA) is 56.0 Å². The first-order chi connectivity index (χ1) is 11.3. The molecule has 1 heterocycles. The van der Waals surface area contributed by atoms with E-state index in [1.165, 1.54) is 6.07 Å². The van der Waals surface area contributed by atoms with Gasteiger partial charge in [-0.25, -0.2) is 4.98 Å². The van der Waals surface area contributed by atoms with Crippen molar-refractivity contribution in [2.24, 2.45) is 0 Å². The molecule has 0 atom stereocenters. The zero-order valence-corrected chi connectivity index (χ0v) is 12.1. The lowest BCUT2D eigenvalue weighted by molar-refractivity contribution is -0.383. The third kappa shape index (κ3) is 2.12. The number of hydrogen-bond donors (Lipinski definition) is 0. The van der Waals surface area contributed by atoms with Gasteiger partial charge in [0.15, 0.2) is 0 Å². The lowest BCUT2D eigenvalue weighted by atomic mass is 9.96. The van der Waals surface area contributed by atoms with E-state index in [-0.39, 0.29) is 10.6 Å². The minimum Gasteiger partial charge on any atom is -0.258 e. The second-order valence-corrected chi connectivity index (χ2v) is 5.30. The van der Waals surface area contributed by atoms with Crippen molar-refractivity contribution in [1.82, 2.24) is 4.98 Å². The fourth-order valence-electron chi connectivity index (χ4n) is 2.96. The molecule has 0 unspecified atom stereocenters. The molecule has 0 radical (unpaired) electrons. The lowest BCUT2D eigenvalue weighted by Crippen LogP contribution is -1.94. The molecule has 0 aliphatic rings. The number of non-ortho nitro benzene ring substituents is 1. The van der Waals surface area contributed by atoms with E-state index in [1.807, 2.05) is 60.7 Å². The minimum absolute atomic E-state index is 0.0328. The van der Waals surface area contributed by atoms with Crippen LogP contribution in [0.1, 0.15) is 0 Å². The van der Waals surface area contributed by atoms with Crippen LogP contribution in [0.3, 0.4) is 0 Å². The normalized spacial score (nSPS) is 11.0. The van der Waals surface area contributed by atoms with Crippen LogP contribution in [0.4, 0.5) is 5.69 Å². The summed E-state index contributed by atoms with van der Waals surface area (Å²) >= 11 is 0. The zero-order chi connectivity index (χ0) is 15.8. The molecule has 0 fully saturated rings. The Hall–Kier alpha value is -3.27. The second kappa shape index (κ2) is 5.18. The first-order valence-electron chi connectivity index (χ1n) is 7.27. The molecule has 0 N–H and O–H groups in total. The van der Waals surface area contributed by atoms with Gasteiger partial charge in [0.25, 0.3) is 5.69 Å². The van der Waals surface area contributed by atoms with Crippen LogP contribution in [0.2, 0.25) is 0 Å². The van der Waals surface area contributed by atoms with E-state index < -0.39 is 0 Å². The summed E-state index contributed by atoms with van der Waals surface area (Å²) in [6.07, 6.45) is 0. The van der Waals surface area contributed by atoms with E-state index >= 15 is 0 Å². The van der Waals surface area contributed by atoms with Gasteiger partial charge in [-0.1, -0.05) is 60.7 Å². The number of pyridine rings is 1. The molecule has 0 aliphatic carbocycles. The van der Waals surface area contributed by atoms with Crippen LogP contribution in [-0.2, 0) is 0 Å². The number of nitro groups is 1. The molecule has 110 valence electrons. The van der Waals surface area contributed by atoms with Crippen LogP contribution >= 0.6 is 0 Å². The molecule has 0 bridgehead atoms. The SMILES string of the molecule is O=[N+]([O-])c1cccc2c(-c3ccccc3)c3ccccc3nc12. The van der Waals surface area contributed by atoms with Crippen LogP contribution < -0.4 is 0 Å². The Kier molecular flexibility index (Phi) is 3.01. The van der Waals surface area contributed by atoms with Crippen molar-refractivity contribution >= 4 is 27.5 Å². The number of fused-ring (bicyclic) bond motifs is 2. The van der Waals surface area contributed by atoms with Crippen LogP contribution in [0.15, 0.2) is 72.8 Å². The van der Waals surface area contributed by atoms with Crippen molar-refractivity contribution in [3.05, 3.63) is 82.9 Å². The highest BCUT2D eigenvalue weighted by atomic mass is 16.6. The van der Waals surface area contributed by atoms with Gasteiger partial charge in [0.05, 0.1) is 10.4 Å². The summed E-state index contributed by atoms with van der Waals surface area (Å²) in [6.45, 7) is 0. The van der Waals surface area contributed by atoms with E-state index in [4.69, 9.17) is 0 Å². The van der Waals surface area contributed by atoms with E-state index in [0.717, 1.165) is 27.4 Å². The van der Waals surface area contributed by atoms with Crippen molar-refractivity contribution in [3.8, 4) is 11.1 Å². The highest BCUT2D eigenvalue weighted by molar-refractivity contribution is 6.11. The Morgan fingerprint density at radius 1 is 0.783 bits per heavy atom. The van der Waals surface area contributed by atoms with Gasteiger partial charge >= 0.3 is 0 Å². The number of hydrogen-bond acceptors (Lipinski definition) is 3. The van der Waals surface area contributed by atoms with Gasteiger partial charge in [0, 0.05) is 22.4 Å². The van der Waals surface area contributed by atoms with Gasteiger partial charge in [0.2, 0.25) is 0 Å². The summed E-state index contributed by atoms with van der Waals surface area (Å²) < 4.78 is 0. The quantitative estimate of drug-likeness (QED) is 0.298. The minimum atomic E-state index is -0.376. The average molecular weight is 300 g/mol. The maximum Gasteiger partial charge on any atom is 0.295 e. The van der Waals surface area contributed by atoms with Crippen molar-refractivity contribution in [3.63, 3.8) is 0 Å². The predicted octanol–water partition coefficient (Wildman–Crippen LogP) is 4.96. The number of nitrogens with zero attached hydrogens (tertiary/aromatic N) is 2. The number of para-hydroxylation sites is 2. The van der Waals surface area contributed by atoms with Crippen molar-refractivity contribution in [1.29, 1.82) is 0 Å². The molecule has 0 saturated carbocycles. The molecular formula is C19H12N2O2. The molecule has 4 heteroatoms. The van der Waals surface area contributed by atoms with Gasteiger partial charge in [-0.15, -0.1) is 0 Å². The van der Waals surface area contributed by atoms with Gasteiger partial charge in [-0.3, -0.25) is 10.1 Å². The molecular weight excluding hydrogens is 288 g/mol. The molecule has 4 nitrogen and oxygen atoms in total. The highest BCUT2D eigenvalue weighted by Crippen LogP contribution is 2.37. The second-order valence-electron chi connectivity index (χ2n) is 5.30. The summed E-state index contributed by atoms with van der Waals surface area (Å²) in [5.74, 6) is 0. The molecule has 0 saturated heterocycles. The molecule has 0 aliphatic heterocycles. The number of rotatable bonds is 2. The van der Waals surface area contributed by atoms with E-state index in [9.17, 15) is 10.1 Å². The van der Waals surface area contributed by atoms with Gasteiger partial charge < -0.3 is 0 Å². The van der Waals surface area contributed by atoms with Gasteiger partial charge in [-0.2, -0.15) is 0 Å². The van der Waals surface area contributed by atoms with Crippen molar-refractivity contribution < 1.29 is 4.92 Å². The maximum absolute atomic E-state index is 11.4. The average Bonchev–Trinajstić information content (AvgIpc) is 2.59. The summed E-state index contributed by atoms with van der Waals surface area (Å²) in [7, 11) is 0. The molecule has 0 spiro atoms. The predicted molar refractivity (Wildman–Crippen MR) is 91.3 cm³/mol. The zero-order valence-electron chi connectivity index (χ0n) is 12.1. The molecule has 4 aromatic rings. The van der Waals surface area contributed by atoms with E-state index in [1.54, 1.807) is 6.07 Å². The third-order valence-corrected chi connectivity index (χ3v) is 3.95. The largest absolute Gasteiger partial charge is 0.295 e. The number of aromatic nitrogens is 1. The smallest absolute Gasteiger partial charge is 0.258 e. The summed E-state index contributed by atoms with van der Waals surface area (Å²) in [5, 5.41) is 13.2. The lowest BCUT2D eigenvalue weighted by Gasteiger charge is -2.11. The first kappa shape index (κ1) is 13.4. The van der Waals surface area contributed by atoms with E-state index in [0.29, 0.717) is 5.52 Å². The standard InChI is InChI=1S/C19H12N2O2/c22-21(23)17-12-6-10-15-18(13-7-2-1-3-8-13)14-9-4-5-11-16(14)20-19(15)17/h1-12H.